The van der Waals surface area contributed by atoms with Crippen LogP contribution >= 0.6 is 0 Å². The standard InChI is InChI=1S/C7H13NO3/c1-10-7(9)6-2-5(3-8)4-11-6/h5-6H,2-4,8H2,1H3. The molecule has 1 heterocycles. The first-order valence-electron chi connectivity index (χ1n) is 3.67. The lowest BCUT2D eigenvalue weighted by Crippen LogP contribution is -2.21. The fourth-order valence-electron chi connectivity index (χ4n) is 1.15. The zero-order valence-corrected chi connectivity index (χ0v) is 6.58. The van der Waals surface area contributed by atoms with Crippen molar-refractivity contribution in [3.63, 3.8) is 0 Å². The second kappa shape index (κ2) is 3.69. The predicted molar refractivity (Wildman–Crippen MR) is 38.9 cm³/mol. The van der Waals surface area contributed by atoms with Crippen molar-refractivity contribution >= 4 is 5.97 Å². The third-order valence-corrected chi connectivity index (χ3v) is 1.88. The van der Waals surface area contributed by atoms with Gasteiger partial charge >= 0.3 is 5.97 Å². The molecule has 0 radical (unpaired) electrons. The minimum atomic E-state index is -0.381. The lowest BCUT2D eigenvalue weighted by atomic mass is 10.1. The number of carbonyl (C=O) groups excluding carboxylic acids is 1. The Labute approximate surface area is 65.7 Å². The van der Waals surface area contributed by atoms with E-state index in [2.05, 4.69) is 4.74 Å². The molecule has 4 heteroatoms. The molecule has 0 aromatic rings. The largest absolute Gasteiger partial charge is 0.467 e. The van der Waals surface area contributed by atoms with Gasteiger partial charge in [0.05, 0.1) is 13.7 Å². The van der Waals surface area contributed by atoms with Crippen LogP contribution < -0.4 is 5.73 Å². The Bertz CT molecular complexity index is 149. The Kier molecular flexibility index (Phi) is 2.84. The van der Waals surface area contributed by atoms with E-state index >= 15 is 0 Å². The maximum Gasteiger partial charge on any atom is 0.334 e. The van der Waals surface area contributed by atoms with Crippen LogP contribution in [0.25, 0.3) is 0 Å². The maximum absolute atomic E-state index is 10.9. The molecule has 0 amide bonds. The van der Waals surface area contributed by atoms with Crippen molar-refractivity contribution in [3.05, 3.63) is 0 Å². The molecule has 0 saturated carbocycles. The summed E-state index contributed by atoms with van der Waals surface area (Å²) < 4.78 is 9.68. The highest BCUT2D eigenvalue weighted by Gasteiger charge is 2.30. The van der Waals surface area contributed by atoms with Crippen molar-refractivity contribution < 1.29 is 14.3 Å². The SMILES string of the molecule is COC(=O)C1CC(CN)CO1. The molecule has 0 bridgehead atoms. The van der Waals surface area contributed by atoms with E-state index in [4.69, 9.17) is 10.5 Å². The van der Waals surface area contributed by atoms with Gasteiger partial charge in [0.25, 0.3) is 0 Å². The van der Waals surface area contributed by atoms with E-state index < -0.39 is 0 Å². The molecule has 11 heavy (non-hydrogen) atoms. The molecule has 1 aliphatic heterocycles. The van der Waals surface area contributed by atoms with Crippen LogP contribution in [0.1, 0.15) is 6.42 Å². The molecule has 1 rings (SSSR count). The van der Waals surface area contributed by atoms with Crippen molar-refractivity contribution in [2.45, 2.75) is 12.5 Å². The fourth-order valence-corrected chi connectivity index (χ4v) is 1.15. The molecule has 2 N–H and O–H groups in total. The quantitative estimate of drug-likeness (QED) is 0.553. The van der Waals surface area contributed by atoms with Crippen LogP contribution in [0.15, 0.2) is 0 Å². The van der Waals surface area contributed by atoms with Gasteiger partial charge in [-0.1, -0.05) is 0 Å². The molecule has 0 aromatic heterocycles. The third-order valence-electron chi connectivity index (χ3n) is 1.88. The van der Waals surface area contributed by atoms with Gasteiger partial charge in [-0.15, -0.1) is 0 Å². The number of nitrogens with two attached hydrogens (primary N) is 1. The lowest BCUT2D eigenvalue weighted by molar-refractivity contribution is -0.151. The number of hydrogen-bond acceptors (Lipinski definition) is 4. The van der Waals surface area contributed by atoms with E-state index in [1.807, 2.05) is 0 Å². The lowest BCUT2D eigenvalue weighted by Gasteiger charge is -2.04. The Hall–Kier alpha value is -0.610. The van der Waals surface area contributed by atoms with E-state index in [0.717, 1.165) is 0 Å². The van der Waals surface area contributed by atoms with Gasteiger partial charge in [-0.25, -0.2) is 4.79 Å². The molecular weight excluding hydrogens is 146 g/mol. The molecule has 4 nitrogen and oxygen atoms in total. The van der Waals surface area contributed by atoms with Crippen molar-refractivity contribution in [1.82, 2.24) is 0 Å². The minimum Gasteiger partial charge on any atom is -0.467 e. The Morgan fingerprint density at radius 2 is 2.55 bits per heavy atom. The third kappa shape index (κ3) is 1.91. The first-order valence-corrected chi connectivity index (χ1v) is 3.67. The molecule has 0 aliphatic carbocycles. The number of carbonyl (C=O) groups is 1. The number of ether oxygens (including phenoxy) is 2. The maximum atomic E-state index is 10.9. The van der Waals surface area contributed by atoms with Gasteiger partial charge in [0.2, 0.25) is 0 Å². The molecule has 0 spiro atoms. The second-order valence-corrected chi connectivity index (χ2v) is 2.68. The van der Waals surface area contributed by atoms with Gasteiger partial charge in [0, 0.05) is 0 Å². The summed E-state index contributed by atoms with van der Waals surface area (Å²) in [6, 6.07) is 0. The first kappa shape index (κ1) is 8.49. The van der Waals surface area contributed by atoms with Crippen LogP contribution in [-0.4, -0.2) is 32.3 Å². The summed E-state index contributed by atoms with van der Waals surface area (Å²) in [6.07, 6.45) is 0.317. The van der Waals surface area contributed by atoms with Gasteiger partial charge in [0.15, 0.2) is 6.10 Å². The predicted octanol–water partition coefficient (Wildman–Crippen LogP) is -0.477. The number of methoxy groups -OCH3 is 1. The molecule has 0 aromatic carbocycles. The highest BCUT2D eigenvalue weighted by molar-refractivity contribution is 5.74. The van der Waals surface area contributed by atoms with Crippen LogP contribution in [0, 0.1) is 5.92 Å². The van der Waals surface area contributed by atoms with Gasteiger partial charge in [0.1, 0.15) is 0 Å². The Morgan fingerprint density at radius 1 is 1.82 bits per heavy atom. The summed E-state index contributed by atoms with van der Waals surface area (Å²) >= 11 is 0. The highest BCUT2D eigenvalue weighted by Crippen LogP contribution is 2.18. The number of esters is 1. The van der Waals surface area contributed by atoms with Crippen molar-refractivity contribution in [3.8, 4) is 0 Å². The summed E-state index contributed by atoms with van der Waals surface area (Å²) in [7, 11) is 1.36. The van der Waals surface area contributed by atoms with Crippen LogP contribution in [0.2, 0.25) is 0 Å². The number of hydrogen-bond donors (Lipinski definition) is 1. The number of rotatable bonds is 2. The smallest absolute Gasteiger partial charge is 0.334 e. The Morgan fingerprint density at radius 3 is 3.00 bits per heavy atom. The van der Waals surface area contributed by atoms with Crippen molar-refractivity contribution in [2.24, 2.45) is 11.7 Å². The molecule has 1 aliphatic rings. The van der Waals surface area contributed by atoms with E-state index in [1.165, 1.54) is 7.11 Å². The van der Waals surface area contributed by atoms with E-state index in [-0.39, 0.29) is 12.1 Å². The zero-order chi connectivity index (χ0) is 8.27. The van der Waals surface area contributed by atoms with Gasteiger partial charge in [-0.05, 0) is 18.9 Å². The van der Waals surface area contributed by atoms with Gasteiger partial charge in [-0.3, -0.25) is 0 Å². The van der Waals surface area contributed by atoms with Crippen LogP contribution in [0.5, 0.6) is 0 Å². The average molecular weight is 159 g/mol. The summed E-state index contributed by atoms with van der Waals surface area (Å²) in [5.74, 6) is 0.0278. The average Bonchev–Trinajstić information content (AvgIpc) is 2.50. The summed E-state index contributed by atoms with van der Waals surface area (Å²) in [6.45, 7) is 1.16. The van der Waals surface area contributed by atoms with Crippen LogP contribution in [-0.2, 0) is 14.3 Å². The molecule has 1 saturated heterocycles. The molecule has 2 atom stereocenters. The Balaban J connectivity index is 2.35. The van der Waals surface area contributed by atoms with E-state index in [1.54, 1.807) is 0 Å². The van der Waals surface area contributed by atoms with E-state index in [9.17, 15) is 4.79 Å². The van der Waals surface area contributed by atoms with Crippen LogP contribution in [0.3, 0.4) is 0 Å². The molecule has 2 unspecified atom stereocenters. The monoisotopic (exact) mass is 159 g/mol. The highest BCUT2D eigenvalue weighted by atomic mass is 16.6. The summed E-state index contributed by atoms with van der Waals surface area (Å²) in [4.78, 5) is 10.9. The molecule has 64 valence electrons. The normalized spacial score (nSPS) is 30.4. The van der Waals surface area contributed by atoms with E-state index in [0.29, 0.717) is 25.5 Å². The zero-order valence-electron chi connectivity index (χ0n) is 6.58. The second-order valence-electron chi connectivity index (χ2n) is 2.68. The van der Waals surface area contributed by atoms with Crippen molar-refractivity contribution in [2.75, 3.05) is 20.3 Å². The fraction of sp³-hybridized carbons (Fsp3) is 0.857. The topological polar surface area (TPSA) is 61.5 Å². The molecule has 1 fully saturated rings. The minimum absolute atomic E-state index is 0.291. The van der Waals surface area contributed by atoms with Crippen LogP contribution in [0.4, 0.5) is 0 Å². The summed E-state index contributed by atoms with van der Waals surface area (Å²) in [5, 5.41) is 0. The van der Waals surface area contributed by atoms with Gasteiger partial charge in [-0.2, -0.15) is 0 Å². The van der Waals surface area contributed by atoms with Crippen molar-refractivity contribution in [1.29, 1.82) is 0 Å². The van der Waals surface area contributed by atoms with Gasteiger partial charge < -0.3 is 15.2 Å². The first-order chi connectivity index (χ1) is 5.27. The molecular formula is C7H13NO3. The summed E-state index contributed by atoms with van der Waals surface area (Å²) in [5.41, 5.74) is 5.41.